The van der Waals surface area contributed by atoms with E-state index >= 15 is 0 Å². The molecule has 158 valence electrons. The van der Waals surface area contributed by atoms with Crippen molar-refractivity contribution in [3.05, 3.63) is 59.7 Å². The van der Waals surface area contributed by atoms with Crippen molar-refractivity contribution in [2.24, 2.45) is 0 Å². The molecule has 3 rings (SSSR count). The monoisotopic (exact) mass is 417 g/mol. The van der Waals surface area contributed by atoms with Gasteiger partial charge >= 0.3 is 0 Å². The number of sulfonamides is 1. The molecule has 2 aromatic rings. The molecule has 0 spiro atoms. The third-order valence-corrected chi connectivity index (χ3v) is 7.18. The molecule has 1 N–H and O–H groups in total. The molecule has 0 aromatic heterocycles. The van der Waals surface area contributed by atoms with Crippen LogP contribution in [0, 0.1) is 0 Å². The molecular formula is C23H31NO4S. The fourth-order valence-corrected chi connectivity index (χ4v) is 4.96. The van der Waals surface area contributed by atoms with E-state index in [-0.39, 0.29) is 15.7 Å². The lowest BCUT2D eigenvalue weighted by Crippen LogP contribution is -2.44. The van der Waals surface area contributed by atoms with Crippen LogP contribution in [-0.4, -0.2) is 35.3 Å². The molecule has 0 aliphatic carbocycles. The van der Waals surface area contributed by atoms with Gasteiger partial charge in [0.15, 0.2) is 0 Å². The third kappa shape index (κ3) is 4.82. The molecule has 6 heteroatoms. The Kier molecular flexibility index (Phi) is 6.36. The third-order valence-electron chi connectivity index (χ3n) is 5.76. The maximum absolute atomic E-state index is 13.0. The molecule has 0 atom stereocenters. The summed E-state index contributed by atoms with van der Waals surface area (Å²) in [7, 11) is -1.97. The van der Waals surface area contributed by atoms with Crippen LogP contribution >= 0.6 is 0 Å². The van der Waals surface area contributed by atoms with Crippen molar-refractivity contribution in [1.29, 1.82) is 0 Å². The average Bonchev–Trinajstić information content (AvgIpc) is 2.72. The lowest BCUT2D eigenvalue weighted by molar-refractivity contribution is 0.0509. The molecule has 1 aliphatic rings. The number of hydrogen-bond donors (Lipinski definition) is 1. The second kappa shape index (κ2) is 8.46. The Hall–Kier alpha value is -1.89. The summed E-state index contributed by atoms with van der Waals surface area (Å²) < 4.78 is 40.0. The number of rotatable bonds is 6. The molecule has 0 unspecified atom stereocenters. The van der Waals surface area contributed by atoms with Crippen LogP contribution in [0.1, 0.15) is 44.7 Å². The first kappa shape index (κ1) is 21.8. The summed E-state index contributed by atoms with van der Waals surface area (Å²) in [6.45, 7) is 7.82. The highest BCUT2D eigenvalue weighted by Gasteiger charge is 2.37. The average molecular weight is 418 g/mol. The number of methoxy groups -OCH3 is 1. The summed E-state index contributed by atoms with van der Waals surface area (Å²) in [6.07, 6.45) is 1.47. The Balaban J connectivity index is 1.86. The highest BCUT2D eigenvalue weighted by Crippen LogP contribution is 2.39. The zero-order valence-electron chi connectivity index (χ0n) is 17.7. The lowest BCUT2D eigenvalue weighted by atomic mass is 9.74. The SMILES string of the molecule is COc1ccccc1C1(CNS(=O)(=O)c2ccc(C(C)(C)C)cc2)CCOCC1. The Morgan fingerprint density at radius 2 is 1.66 bits per heavy atom. The largest absolute Gasteiger partial charge is 0.496 e. The Morgan fingerprint density at radius 3 is 2.24 bits per heavy atom. The highest BCUT2D eigenvalue weighted by atomic mass is 32.2. The van der Waals surface area contributed by atoms with E-state index in [0.717, 1.165) is 29.7 Å². The zero-order valence-corrected chi connectivity index (χ0v) is 18.5. The molecule has 1 heterocycles. The molecule has 5 nitrogen and oxygen atoms in total. The summed E-state index contributed by atoms with van der Waals surface area (Å²) >= 11 is 0. The van der Waals surface area contributed by atoms with Gasteiger partial charge in [0.25, 0.3) is 0 Å². The van der Waals surface area contributed by atoms with Crippen LogP contribution in [0.5, 0.6) is 5.75 Å². The van der Waals surface area contributed by atoms with Crippen LogP contribution in [0.25, 0.3) is 0 Å². The van der Waals surface area contributed by atoms with E-state index in [1.54, 1.807) is 19.2 Å². The van der Waals surface area contributed by atoms with Gasteiger partial charge in [-0.15, -0.1) is 0 Å². The summed E-state index contributed by atoms with van der Waals surface area (Å²) in [6, 6.07) is 15.0. The predicted molar refractivity (Wildman–Crippen MR) is 115 cm³/mol. The smallest absolute Gasteiger partial charge is 0.240 e. The molecular weight excluding hydrogens is 386 g/mol. The maximum atomic E-state index is 13.0. The van der Waals surface area contributed by atoms with Crippen LogP contribution in [0.3, 0.4) is 0 Å². The first-order valence-electron chi connectivity index (χ1n) is 9.99. The maximum Gasteiger partial charge on any atom is 0.240 e. The quantitative estimate of drug-likeness (QED) is 0.771. The lowest BCUT2D eigenvalue weighted by Gasteiger charge is -2.38. The zero-order chi connectivity index (χ0) is 21.1. The number of para-hydroxylation sites is 1. The molecule has 1 aliphatic heterocycles. The second-order valence-electron chi connectivity index (χ2n) is 8.69. The minimum Gasteiger partial charge on any atom is -0.496 e. The van der Waals surface area contributed by atoms with Gasteiger partial charge in [0, 0.05) is 30.7 Å². The fraction of sp³-hybridized carbons (Fsp3) is 0.478. The fourth-order valence-electron chi connectivity index (χ4n) is 3.84. The first-order valence-corrected chi connectivity index (χ1v) is 11.5. The van der Waals surface area contributed by atoms with Crippen molar-refractivity contribution < 1.29 is 17.9 Å². The van der Waals surface area contributed by atoms with Crippen LogP contribution in [0.15, 0.2) is 53.4 Å². The van der Waals surface area contributed by atoms with Crippen molar-refractivity contribution >= 4 is 10.0 Å². The van der Waals surface area contributed by atoms with Crippen LogP contribution < -0.4 is 9.46 Å². The Morgan fingerprint density at radius 1 is 1.03 bits per heavy atom. The van der Waals surface area contributed by atoms with E-state index < -0.39 is 10.0 Å². The van der Waals surface area contributed by atoms with Gasteiger partial charge < -0.3 is 9.47 Å². The highest BCUT2D eigenvalue weighted by molar-refractivity contribution is 7.89. The minimum absolute atomic E-state index is 0.0221. The molecule has 1 fully saturated rings. The first-order chi connectivity index (χ1) is 13.7. The second-order valence-corrected chi connectivity index (χ2v) is 10.5. The molecule has 0 bridgehead atoms. The number of benzene rings is 2. The van der Waals surface area contributed by atoms with E-state index in [0.29, 0.717) is 19.8 Å². The van der Waals surface area contributed by atoms with Gasteiger partial charge in [-0.1, -0.05) is 51.1 Å². The molecule has 0 amide bonds. The summed E-state index contributed by atoms with van der Waals surface area (Å²) in [4.78, 5) is 0.285. The number of ether oxygens (including phenoxy) is 2. The van der Waals surface area contributed by atoms with Gasteiger partial charge in [-0.3, -0.25) is 0 Å². The summed E-state index contributed by atoms with van der Waals surface area (Å²) in [5.41, 5.74) is 1.75. The minimum atomic E-state index is -3.62. The Labute approximate surface area is 174 Å². The van der Waals surface area contributed by atoms with Crippen molar-refractivity contribution in [2.45, 2.75) is 49.3 Å². The van der Waals surface area contributed by atoms with Crippen molar-refractivity contribution in [2.75, 3.05) is 26.9 Å². The van der Waals surface area contributed by atoms with Gasteiger partial charge in [-0.25, -0.2) is 13.1 Å². The van der Waals surface area contributed by atoms with E-state index in [1.165, 1.54) is 0 Å². The summed E-state index contributed by atoms with van der Waals surface area (Å²) in [5.74, 6) is 0.781. The standard InChI is InChI=1S/C23H31NO4S/c1-22(2,3)18-9-11-19(12-10-18)29(25,26)24-17-23(13-15-28-16-14-23)20-7-5-6-8-21(20)27-4/h5-12,24H,13-17H2,1-4H3. The Bertz CT molecular complexity index is 924. The number of hydrogen-bond acceptors (Lipinski definition) is 4. The van der Waals surface area contributed by atoms with Crippen molar-refractivity contribution in [1.82, 2.24) is 4.72 Å². The molecule has 1 saturated heterocycles. The van der Waals surface area contributed by atoms with E-state index in [9.17, 15) is 8.42 Å². The van der Waals surface area contributed by atoms with Crippen LogP contribution in [0.4, 0.5) is 0 Å². The molecule has 0 saturated carbocycles. The van der Waals surface area contributed by atoms with E-state index in [1.807, 2.05) is 36.4 Å². The predicted octanol–water partition coefficient (Wildman–Crippen LogP) is 4.02. The van der Waals surface area contributed by atoms with Crippen LogP contribution in [0.2, 0.25) is 0 Å². The van der Waals surface area contributed by atoms with E-state index in [4.69, 9.17) is 9.47 Å². The summed E-state index contributed by atoms with van der Waals surface area (Å²) in [5, 5.41) is 0. The van der Waals surface area contributed by atoms with Gasteiger partial charge in [0.2, 0.25) is 10.0 Å². The van der Waals surface area contributed by atoms with Gasteiger partial charge in [0.1, 0.15) is 5.75 Å². The van der Waals surface area contributed by atoms with Gasteiger partial charge in [0.05, 0.1) is 12.0 Å². The topological polar surface area (TPSA) is 64.6 Å². The van der Waals surface area contributed by atoms with Gasteiger partial charge in [-0.2, -0.15) is 0 Å². The van der Waals surface area contributed by atoms with Gasteiger partial charge in [-0.05, 0) is 42.0 Å². The molecule has 2 aromatic carbocycles. The molecule has 29 heavy (non-hydrogen) atoms. The van der Waals surface area contributed by atoms with Crippen molar-refractivity contribution in [3.8, 4) is 5.75 Å². The molecule has 0 radical (unpaired) electrons. The number of nitrogens with one attached hydrogen (secondary N) is 1. The van der Waals surface area contributed by atoms with Crippen molar-refractivity contribution in [3.63, 3.8) is 0 Å². The van der Waals surface area contributed by atoms with E-state index in [2.05, 4.69) is 25.5 Å². The van der Waals surface area contributed by atoms with Crippen LogP contribution in [-0.2, 0) is 25.6 Å². The normalized spacial score (nSPS) is 17.1.